The van der Waals surface area contributed by atoms with Crippen LogP contribution in [0.3, 0.4) is 0 Å². The van der Waals surface area contributed by atoms with E-state index in [1.165, 1.54) is 0 Å². The van der Waals surface area contributed by atoms with Crippen LogP contribution in [-0.2, 0) is 6.42 Å². The van der Waals surface area contributed by atoms with Crippen LogP contribution in [0, 0.1) is 17.6 Å². The first-order valence-electron chi connectivity index (χ1n) is 6.44. The number of hydrogen-bond acceptors (Lipinski definition) is 2. The zero-order valence-electron chi connectivity index (χ0n) is 10.9. The van der Waals surface area contributed by atoms with Gasteiger partial charge >= 0.3 is 0 Å². The van der Waals surface area contributed by atoms with Gasteiger partial charge in [0.2, 0.25) is 0 Å². The number of nitrogens with zero attached hydrogens (tertiary/aromatic N) is 1. The van der Waals surface area contributed by atoms with Gasteiger partial charge in [-0.15, -0.1) is 0 Å². The molecule has 1 heterocycles. The fourth-order valence-electron chi connectivity index (χ4n) is 2.78. The van der Waals surface area contributed by atoms with Crippen molar-refractivity contribution < 1.29 is 8.78 Å². The molecule has 0 spiro atoms. The third kappa shape index (κ3) is 2.40. The molecule has 4 heteroatoms. The first-order valence-corrected chi connectivity index (χ1v) is 6.44. The molecule has 2 nitrogen and oxygen atoms in total. The van der Waals surface area contributed by atoms with Gasteiger partial charge in [-0.25, -0.2) is 8.78 Å². The molecule has 1 aromatic carbocycles. The Bertz CT molecular complexity index is 434. The number of benzene rings is 1. The van der Waals surface area contributed by atoms with E-state index in [-0.39, 0.29) is 6.04 Å². The summed E-state index contributed by atoms with van der Waals surface area (Å²) in [6, 6.07) is 2.70. The third-order valence-electron chi connectivity index (χ3n) is 3.87. The second-order valence-corrected chi connectivity index (χ2v) is 5.11. The number of nitrogens with two attached hydrogens (primary N) is 1. The minimum Gasteiger partial charge on any atom is -0.330 e. The highest BCUT2D eigenvalue weighted by Gasteiger charge is 2.31. The highest BCUT2D eigenvalue weighted by molar-refractivity contribution is 5.30. The highest BCUT2D eigenvalue weighted by Crippen LogP contribution is 2.35. The molecule has 1 saturated heterocycles. The molecule has 0 aliphatic carbocycles. The molecule has 0 aromatic heterocycles. The van der Waals surface area contributed by atoms with Gasteiger partial charge in [-0.3, -0.25) is 4.90 Å². The van der Waals surface area contributed by atoms with Crippen LogP contribution in [0.1, 0.15) is 30.5 Å². The number of aryl methyl sites for hydroxylation is 1. The largest absolute Gasteiger partial charge is 0.330 e. The summed E-state index contributed by atoms with van der Waals surface area (Å²) in [5.74, 6) is -0.497. The first kappa shape index (κ1) is 13.4. The van der Waals surface area contributed by atoms with E-state index in [0.717, 1.165) is 19.0 Å². The van der Waals surface area contributed by atoms with E-state index < -0.39 is 11.6 Å². The average molecular weight is 254 g/mol. The van der Waals surface area contributed by atoms with Crippen LogP contribution >= 0.6 is 0 Å². The lowest BCUT2D eigenvalue weighted by atomic mass is 9.97. The second kappa shape index (κ2) is 5.33. The smallest absolute Gasteiger partial charge is 0.130 e. The predicted octanol–water partition coefficient (Wildman–Crippen LogP) is 2.48. The molecule has 2 N–H and O–H groups in total. The lowest BCUT2D eigenvalue weighted by Gasteiger charge is -2.21. The van der Waals surface area contributed by atoms with E-state index in [0.29, 0.717) is 30.0 Å². The van der Waals surface area contributed by atoms with Crippen LogP contribution in [0.5, 0.6) is 0 Å². The van der Waals surface area contributed by atoms with Gasteiger partial charge < -0.3 is 5.73 Å². The number of halogens is 2. The summed E-state index contributed by atoms with van der Waals surface area (Å²) >= 11 is 0. The molecule has 18 heavy (non-hydrogen) atoms. The molecule has 0 amide bonds. The van der Waals surface area contributed by atoms with Crippen molar-refractivity contribution >= 4 is 0 Å². The first-order chi connectivity index (χ1) is 8.56. The molecule has 1 fully saturated rings. The SMILES string of the molecule is CCc1cc(C2CC(CN)CN2C)c(F)cc1F. The van der Waals surface area contributed by atoms with Crippen molar-refractivity contribution in [1.82, 2.24) is 4.90 Å². The molecule has 1 aromatic rings. The van der Waals surface area contributed by atoms with Gasteiger partial charge in [-0.05, 0) is 44.0 Å². The molecule has 1 aliphatic rings. The van der Waals surface area contributed by atoms with E-state index in [2.05, 4.69) is 4.90 Å². The topological polar surface area (TPSA) is 29.3 Å². The van der Waals surface area contributed by atoms with E-state index in [1.807, 2.05) is 14.0 Å². The van der Waals surface area contributed by atoms with Crippen molar-refractivity contribution in [2.75, 3.05) is 20.1 Å². The Balaban J connectivity index is 2.33. The molecular formula is C14H20F2N2. The molecule has 2 unspecified atom stereocenters. The number of rotatable bonds is 3. The lowest BCUT2D eigenvalue weighted by Crippen LogP contribution is -2.21. The summed E-state index contributed by atoms with van der Waals surface area (Å²) in [5.41, 5.74) is 6.86. The van der Waals surface area contributed by atoms with E-state index >= 15 is 0 Å². The molecule has 0 radical (unpaired) electrons. The van der Waals surface area contributed by atoms with E-state index in [1.54, 1.807) is 6.07 Å². The zero-order valence-corrected chi connectivity index (χ0v) is 10.9. The van der Waals surface area contributed by atoms with Crippen LogP contribution in [0.25, 0.3) is 0 Å². The van der Waals surface area contributed by atoms with Crippen LogP contribution in [0.15, 0.2) is 12.1 Å². The number of likely N-dealkylation sites (tertiary alicyclic amines) is 1. The molecule has 2 atom stereocenters. The van der Waals surface area contributed by atoms with Crippen LogP contribution in [0.2, 0.25) is 0 Å². The van der Waals surface area contributed by atoms with Crippen molar-refractivity contribution in [2.24, 2.45) is 11.7 Å². The molecular weight excluding hydrogens is 234 g/mol. The Morgan fingerprint density at radius 2 is 2.06 bits per heavy atom. The van der Waals surface area contributed by atoms with Crippen LogP contribution in [0.4, 0.5) is 8.78 Å². The Kier molecular flexibility index (Phi) is 3.97. The van der Waals surface area contributed by atoms with Crippen molar-refractivity contribution in [2.45, 2.75) is 25.8 Å². The Labute approximate surface area is 107 Å². The van der Waals surface area contributed by atoms with Gasteiger partial charge in [0.25, 0.3) is 0 Å². The highest BCUT2D eigenvalue weighted by atomic mass is 19.1. The lowest BCUT2D eigenvalue weighted by molar-refractivity contribution is 0.306. The average Bonchev–Trinajstić information content (AvgIpc) is 2.71. The van der Waals surface area contributed by atoms with Crippen molar-refractivity contribution in [3.63, 3.8) is 0 Å². The van der Waals surface area contributed by atoms with Crippen molar-refractivity contribution in [1.29, 1.82) is 0 Å². The van der Waals surface area contributed by atoms with Gasteiger partial charge in [0.1, 0.15) is 11.6 Å². The Morgan fingerprint density at radius 3 is 2.61 bits per heavy atom. The summed E-state index contributed by atoms with van der Waals surface area (Å²) in [4.78, 5) is 2.10. The predicted molar refractivity (Wildman–Crippen MR) is 68.3 cm³/mol. The van der Waals surface area contributed by atoms with Gasteiger partial charge in [-0.1, -0.05) is 6.92 Å². The summed E-state index contributed by atoms with van der Waals surface area (Å²) in [5, 5.41) is 0. The molecule has 1 aliphatic heterocycles. The maximum Gasteiger partial charge on any atom is 0.130 e. The van der Waals surface area contributed by atoms with Gasteiger partial charge in [0, 0.05) is 24.2 Å². The maximum atomic E-state index is 13.9. The molecule has 0 saturated carbocycles. The standard InChI is InChI=1S/C14H20F2N2/c1-3-10-5-11(13(16)6-12(10)15)14-4-9(7-17)8-18(14)2/h5-6,9,14H,3-4,7-8,17H2,1-2H3. The molecule has 0 bridgehead atoms. The van der Waals surface area contributed by atoms with Crippen molar-refractivity contribution in [3.8, 4) is 0 Å². The Hall–Kier alpha value is -1.00. The monoisotopic (exact) mass is 254 g/mol. The van der Waals surface area contributed by atoms with Crippen LogP contribution < -0.4 is 5.73 Å². The maximum absolute atomic E-state index is 13.9. The zero-order chi connectivity index (χ0) is 13.3. The minimum absolute atomic E-state index is 0.0180. The second-order valence-electron chi connectivity index (χ2n) is 5.11. The molecule has 2 rings (SSSR count). The Morgan fingerprint density at radius 1 is 1.33 bits per heavy atom. The summed E-state index contributed by atoms with van der Waals surface area (Å²) in [6.07, 6.45) is 1.43. The summed E-state index contributed by atoms with van der Waals surface area (Å²) in [6.45, 7) is 3.37. The van der Waals surface area contributed by atoms with E-state index in [4.69, 9.17) is 5.73 Å². The van der Waals surface area contributed by atoms with Crippen molar-refractivity contribution in [3.05, 3.63) is 34.9 Å². The normalized spacial score (nSPS) is 24.7. The van der Waals surface area contributed by atoms with Crippen LogP contribution in [-0.4, -0.2) is 25.0 Å². The van der Waals surface area contributed by atoms with Gasteiger partial charge in [-0.2, -0.15) is 0 Å². The summed E-state index contributed by atoms with van der Waals surface area (Å²) < 4.78 is 27.4. The van der Waals surface area contributed by atoms with Gasteiger partial charge in [0.15, 0.2) is 0 Å². The third-order valence-corrected chi connectivity index (χ3v) is 3.87. The number of hydrogen-bond donors (Lipinski definition) is 1. The minimum atomic E-state index is -0.449. The fourth-order valence-corrected chi connectivity index (χ4v) is 2.78. The summed E-state index contributed by atoms with van der Waals surface area (Å²) in [7, 11) is 1.97. The quantitative estimate of drug-likeness (QED) is 0.898. The fraction of sp³-hybridized carbons (Fsp3) is 0.571. The van der Waals surface area contributed by atoms with Gasteiger partial charge in [0.05, 0.1) is 0 Å². The van der Waals surface area contributed by atoms with E-state index in [9.17, 15) is 8.78 Å². The molecule has 100 valence electrons.